The van der Waals surface area contributed by atoms with Crippen molar-refractivity contribution >= 4 is 5.91 Å². The van der Waals surface area contributed by atoms with Crippen molar-refractivity contribution in [3.63, 3.8) is 0 Å². The van der Waals surface area contributed by atoms with E-state index in [0.717, 1.165) is 19.4 Å². The number of nitrogens with zero attached hydrogens (tertiary/aromatic N) is 1. The highest BCUT2D eigenvalue weighted by Gasteiger charge is 2.27. The summed E-state index contributed by atoms with van der Waals surface area (Å²) in [5, 5.41) is 0. The second-order valence-electron chi connectivity index (χ2n) is 5.23. The molecule has 1 fully saturated rings. The van der Waals surface area contributed by atoms with Gasteiger partial charge in [-0.1, -0.05) is 20.3 Å². The lowest BCUT2D eigenvalue weighted by atomic mass is 9.99. The van der Waals surface area contributed by atoms with Crippen molar-refractivity contribution in [3.05, 3.63) is 0 Å². The van der Waals surface area contributed by atoms with E-state index in [4.69, 9.17) is 5.73 Å². The number of carbonyl (C=O) groups is 1. The summed E-state index contributed by atoms with van der Waals surface area (Å²) in [6.07, 6.45) is 4.05. The molecule has 0 heterocycles. The first-order valence-electron chi connectivity index (χ1n) is 6.00. The Hall–Kier alpha value is -0.570. The predicted octanol–water partition coefficient (Wildman–Crippen LogP) is 1.62. The van der Waals surface area contributed by atoms with Crippen molar-refractivity contribution in [2.75, 3.05) is 13.6 Å². The first-order valence-corrected chi connectivity index (χ1v) is 6.00. The largest absolute Gasteiger partial charge is 0.345 e. The molecule has 0 aromatic carbocycles. The topological polar surface area (TPSA) is 46.3 Å². The van der Waals surface area contributed by atoms with Gasteiger partial charge in [-0.05, 0) is 24.7 Å². The lowest BCUT2D eigenvalue weighted by Crippen LogP contribution is -2.34. The summed E-state index contributed by atoms with van der Waals surface area (Å²) in [4.78, 5) is 13.7. The summed E-state index contributed by atoms with van der Waals surface area (Å²) in [7, 11) is 1.89. The molecule has 15 heavy (non-hydrogen) atoms. The van der Waals surface area contributed by atoms with Crippen LogP contribution in [0.2, 0.25) is 0 Å². The molecule has 0 aliphatic heterocycles. The molecule has 0 aromatic rings. The van der Waals surface area contributed by atoms with Crippen LogP contribution < -0.4 is 5.73 Å². The Morgan fingerprint density at radius 2 is 2.13 bits per heavy atom. The molecule has 0 bridgehead atoms. The first kappa shape index (κ1) is 12.5. The maximum atomic E-state index is 11.9. The zero-order valence-corrected chi connectivity index (χ0v) is 10.2. The second-order valence-corrected chi connectivity index (χ2v) is 5.23. The van der Waals surface area contributed by atoms with Crippen LogP contribution in [0.3, 0.4) is 0 Å². The molecule has 0 unspecified atom stereocenters. The van der Waals surface area contributed by atoms with Gasteiger partial charge < -0.3 is 10.6 Å². The van der Waals surface area contributed by atoms with Crippen molar-refractivity contribution in [2.24, 2.45) is 17.6 Å². The molecule has 1 aliphatic carbocycles. The minimum Gasteiger partial charge on any atom is -0.345 e. The van der Waals surface area contributed by atoms with Gasteiger partial charge in [0, 0.05) is 26.1 Å². The van der Waals surface area contributed by atoms with Crippen LogP contribution in [-0.4, -0.2) is 30.4 Å². The van der Waals surface area contributed by atoms with Gasteiger partial charge in [0.2, 0.25) is 5.91 Å². The highest BCUT2D eigenvalue weighted by molar-refractivity contribution is 5.76. The molecule has 0 spiro atoms. The minimum absolute atomic E-state index is 0.251. The Morgan fingerprint density at radius 3 is 2.60 bits per heavy atom. The van der Waals surface area contributed by atoms with Crippen LogP contribution in [0.1, 0.15) is 39.5 Å². The molecule has 1 saturated carbocycles. The summed E-state index contributed by atoms with van der Waals surface area (Å²) >= 11 is 0. The molecule has 2 atom stereocenters. The van der Waals surface area contributed by atoms with E-state index < -0.39 is 0 Å². The van der Waals surface area contributed by atoms with Gasteiger partial charge in [0.1, 0.15) is 0 Å². The summed E-state index contributed by atoms with van der Waals surface area (Å²) in [5.41, 5.74) is 5.96. The van der Waals surface area contributed by atoms with Crippen LogP contribution >= 0.6 is 0 Å². The Balaban J connectivity index is 2.34. The number of rotatable bonds is 4. The Morgan fingerprint density at radius 1 is 1.47 bits per heavy atom. The number of hydrogen-bond acceptors (Lipinski definition) is 2. The molecule has 2 N–H and O–H groups in total. The molecular weight excluding hydrogens is 188 g/mol. The lowest BCUT2D eigenvalue weighted by molar-refractivity contribution is -0.131. The maximum Gasteiger partial charge on any atom is 0.222 e. The standard InChI is InChI=1S/C12H24N2O/c1-9(2)8-14(3)12(15)7-10-5-4-6-11(10)13/h9-11H,4-8,13H2,1-3H3/t10-,11+/m0/s1. The van der Waals surface area contributed by atoms with Gasteiger partial charge in [-0.15, -0.1) is 0 Å². The summed E-state index contributed by atoms with van der Waals surface area (Å²) in [5.74, 6) is 1.22. The molecule has 88 valence electrons. The normalized spacial score (nSPS) is 25.9. The van der Waals surface area contributed by atoms with E-state index in [2.05, 4.69) is 13.8 Å². The molecular formula is C12H24N2O. The quantitative estimate of drug-likeness (QED) is 0.769. The third-order valence-corrected chi connectivity index (χ3v) is 3.22. The fourth-order valence-electron chi connectivity index (χ4n) is 2.35. The molecule has 1 rings (SSSR count). The fraction of sp³-hybridized carbons (Fsp3) is 0.917. The third kappa shape index (κ3) is 3.82. The van der Waals surface area contributed by atoms with Crippen LogP contribution in [-0.2, 0) is 4.79 Å². The van der Waals surface area contributed by atoms with Gasteiger partial charge in [-0.25, -0.2) is 0 Å². The number of carbonyl (C=O) groups excluding carboxylic acids is 1. The van der Waals surface area contributed by atoms with Crippen molar-refractivity contribution in [1.82, 2.24) is 4.90 Å². The van der Waals surface area contributed by atoms with E-state index in [1.54, 1.807) is 0 Å². The second kappa shape index (κ2) is 5.50. The molecule has 1 aliphatic rings. The molecule has 3 heteroatoms. The van der Waals surface area contributed by atoms with Gasteiger partial charge >= 0.3 is 0 Å². The van der Waals surface area contributed by atoms with Crippen molar-refractivity contribution < 1.29 is 4.79 Å². The Bertz CT molecular complexity index is 216. The Kier molecular flexibility index (Phi) is 4.58. The monoisotopic (exact) mass is 212 g/mol. The molecule has 0 saturated heterocycles. The molecule has 1 amide bonds. The zero-order chi connectivity index (χ0) is 11.4. The average Bonchev–Trinajstić information content (AvgIpc) is 2.50. The zero-order valence-electron chi connectivity index (χ0n) is 10.2. The van der Waals surface area contributed by atoms with Crippen molar-refractivity contribution in [2.45, 2.75) is 45.6 Å². The van der Waals surface area contributed by atoms with Gasteiger partial charge in [0.15, 0.2) is 0 Å². The minimum atomic E-state index is 0.251. The van der Waals surface area contributed by atoms with E-state index >= 15 is 0 Å². The number of hydrogen-bond donors (Lipinski definition) is 1. The smallest absolute Gasteiger partial charge is 0.222 e. The summed E-state index contributed by atoms with van der Waals surface area (Å²) in [6.45, 7) is 5.11. The van der Waals surface area contributed by atoms with E-state index in [1.807, 2.05) is 11.9 Å². The van der Waals surface area contributed by atoms with E-state index in [9.17, 15) is 4.79 Å². The molecule has 3 nitrogen and oxygen atoms in total. The number of amides is 1. The van der Waals surface area contributed by atoms with Crippen LogP contribution in [0.5, 0.6) is 0 Å². The number of nitrogens with two attached hydrogens (primary N) is 1. The summed E-state index contributed by atoms with van der Waals surface area (Å²) < 4.78 is 0. The highest BCUT2D eigenvalue weighted by atomic mass is 16.2. The SMILES string of the molecule is CC(C)CN(C)C(=O)C[C@@H]1CCC[C@H]1N. The van der Waals surface area contributed by atoms with Gasteiger partial charge in [0.05, 0.1) is 0 Å². The summed E-state index contributed by atoms with van der Waals surface area (Å²) in [6, 6.07) is 0.251. The van der Waals surface area contributed by atoms with Crippen LogP contribution in [0.4, 0.5) is 0 Å². The van der Waals surface area contributed by atoms with Crippen molar-refractivity contribution in [3.8, 4) is 0 Å². The fourth-order valence-corrected chi connectivity index (χ4v) is 2.35. The van der Waals surface area contributed by atoms with E-state index in [-0.39, 0.29) is 11.9 Å². The van der Waals surface area contributed by atoms with Crippen LogP contribution in [0.25, 0.3) is 0 Å². The van der Waals surface area contributed by atoms with Gasteiger partial charge in [0.25, 0.3) is 0 Å². The van der Waals surface area contributed by atoms with Gasteiger partial charge in [-0.2, -0.15) is 0 Å². The Labute approximate surface area is 93.0 Å². The van der Waals surface area contributed by atoms with E-state index in [0.29, 0.717) is 18.3 Å². The predicted molar refractivity (Wildman–Crippen MR) is 62.4 cm³/mol. The molecule has 0 aromatic heterocycles. The van der Waals surface area contributed by atoms with Crippen LogP contribution in [0, 0.1) is 11.8 Å². The van der Waals surface area contributed by atoms with Crippen molar-refractivity contribution in [1.29, 1.82) is 0 Å². The lowest BCUT2D eigenvalue weighted by Gasteiger charge is -2.22. The maximum absolute atomic E-state index is 11.9. The van der Waals surface area contributed by atoms with E-state index in [1.165, 1.54) is 6.42 Å². The van der Waals surface area contributed by atoms with Gasteiger partial charge in [-0.3, -0.25) is 4.79 Å². The van der Waals surface area contributed by atoms with Crippen LogP contribution in [0.15, 0.2) is 0 Å². The first-order chi connectivity index (χ1) is 7.00. The third-order valence-electron chi connectivity index (χ3n) is 3.22. The average molecular weight is 212 g/mol. The highest BCUT2D eigenvalue weighted by Crippen LogP contribution is 2.27. The molecule has 0 radical (unpaired) electrons.